The first kappa shape index (κ1) is 18.6. The van der Waals surface area contributed by atoms with Crippen molar-refractivity contribution in [3.63, 3.8) is 0 Å². The highest BCUT2D eigenvalue weighted by Gasteiger charge is 2.24. The molecule has 1 saturated heterocycles. The second-order valence-electron chi connectivity index (χ2n) is 7.40. The quantitative estimate of drug-likeness (QED) is 0.468. The molecule has 0 N–H and O–H groups in total. The van der Waals surface area contributed by atoms with E-state index in [2.05, 4.69) is 16.7 Å². The molecule has 0 radical (unpaired) electrons. The van der Waals surface area contributed by atoms with Crippen molar-refractivity contribution < 1.29 is 0 Å². The van der Waals surface area contributed by atoms with E-state index < -0.39 is 0 Å². The molecule has 0 amide bonds. The maximum atomic E-state index is 4.77. The van der Waals surface area contributed by atoms with Crippen molar-refractivity contribution in [2.24, 2.45) is 4.99 Å². The molecule has 3 nitrogen and oxygen atoms in total. The second kappa shape index (κ2) is 11.8. The van der Waals surface area contributed by atoms with Crippen LogP contribution in [0.4, 0.5) is 0 Å². The molecule has 1 fully saturated rings. The zero-order chi connectivity index (χ0) is 16.2. The van der Waals surface area contributed by atoms with E-state index in [0.29, 0.717) is 0 Å². The predicted molar refractivity (Wildman–Crippen MR) is 101 cm³/mol. The average molecular weight is 322 g/mol. The maximum Gasteiger partial charge on any atom is 0.196 e. The van der Waals surface area contributed by atoms with Crippen LogP contribution < -0.4 is 0 Å². The summed E-state index contributed by atoms with van der Waals surface area (Å²) in [5.41, 5.74) is 0. The molecular formula is C20H39N3. The molecule has 2 heterocycles. The minimum atomic E-state index is 1.04. The summed E-state index contributed by atoms with van der Waals surface area (Å²) in [5, 5.41) is 0. The van der Waals surface area contributed by atoms with E-state index in [9.17, 15) is 0 Å². The topological polar surface area (TPSA) is 18.8 Å². The summed E-state index contributed by atoms with van der Waals surface area (Å²) in [6.45, 7) is 8.25. The Hall–Kier alpha value is -0.730. The Morgan fingerprint density at radius 2 is 1.35 bits per heavy atom. The van der Waals surface area contributed by atoms with Gasteiger partial charge in [-0.2, -0.15) is 0 Å². The number of hydrogen-bond donors (Lipinski definition) is 0. The molecule has 3 heteroatoms. The van der Waals surface area contributed by atoms with Gasteiger partial charge in [-0.15, -0.1) is 0 Å². The lowest BCUT2D eigenvalue weighted by Gasteiger charge is -2.41. The molecule has 0 atom stereocenters. The summed E-state index contributed by atoms with van der Waals surface area (Å²) < 4.78 is 0. The van der Waals surface area contributed by atoms with Gasteiger partial charge < -0.3 is 9.80 Å². The Morgan fingerprint density at radius 3 is 2.04 bits per heavy atom. The summed E-state index contributed by atoms with van der Waals surface area (Å²) in [6.07, 6.45) is 18.3. The Kier molecular flexibility index (Phi) is 9.51. The smallest absolute Gasteiger partial charge is 0.196 e. The van der Waals surface area contributed by atoms with Crippen LogP contribution in [0.1, 0.15) is 90.4 Å². The molecule has 2 aliphatic heterocycles. The van der Waals surface area contributed by atoms with Gasteiger partial charge in [-0.1, -0.05) is 71.1 Å². The van der Waals surface area contributed by atoms with Gasteiger partial charge in [0.1, 0.15) is 0 Å². The van der Waals surface area contributed by atoms with Crippen molar-refractivity contribution in [2.75, 3.05) is 32.7 Å². The molecule has 0 bridgehead atoms. The number of nitrogens with zero attached hydrogens (tertiary/aromatic N) is 3. The van der Waals surface area contributed by atoms with Crippen LogP contribution in [0.15, 0.2) is 4.99 Å². The fraction of sp³-hybridized carbons (Fsp3) is 0.950. The number of unbranched alkanes of at least 4 members (excludes halogenated alkanes) is 10. The fourth-order valence-corrected chi connectivity index (χ4v) is 3.88. The molecular weight excluding hydrogens is 282 g/mol. The van der Waals surface area contributed by atoms with Gasteiger partial charge in [0.15, 0.2) is 5.96 Å². The minimum Gasteiger partial charge on any atom is -0.343 e. The lowest BCUT2D eigenvalue weighted by molar-refractivity contribution is 0.241. The van der Waals surface area contributed by atoms with E-state index in [-0.39, 0.29) is 0 Å². The second-order valence-corrected chi connectivity index (χ2v) is 7.40. The van der Waals surface area contributed by atoms with Gasteiger partial charge >= 0.3 is 0 Å². The Labute approximate surface area is 144 Å². The predicted octanol–water partition coefficient (Wildman–Crippen LogP) is 5.06. The number of guanidine groups is 1. The zero-order valence-electron chi connectivity index (χ0n) is 15.6. The zero-order valence-corrected chi connectivity index (χ0v) is 15.6. The van der Waals surface area contributed by atoms with Crippen LogP contribution in [0.3, 0.4) is 0 Å². The van der Waals surface area contributed by atoms with Gasteiger partial charge in [0.2, 0.25) is 0 Å². The summed E-state index contributed by atoms with van der Waals surface area (Å²) in [4.78, 5) is 9.83. The first-order chi connectivity index (χ1) is 11.4. The van der Waals surface area contributed by atoms with Gasteiger partial charge in [-0.25, -0.2) is 0 Å². The highest BCUT2D eigenvalue weighted by Crippen LogP contribution is 2.16. The number of fused-ring (bicyclic) bond motifs is 1. The van der Waals surface area contributed by atoms with E-state index in [1.807, 2.05) is 0 Å². The standard InChI is InChI=1S/C20H39N3/c1-2-3-4-5-6-7-8-9-10-11-12-16-22-18-14-19-23-17-13-15-21-20(22)23/h2-19H2,1H3. The Balaban J connectivity index is 1.44. The van der Waals surface area contributed by atoms with Crippen LogP contribution in [0.25, 0.3) is 0 Å². The van der Waals surface area contributed by atoms with Crippen molar-refractivity contribution in [1.82, 2.24) is 9.80 Å². The van der Waals surface area contributed by atoms with Crippen LogP contribution in [0.5, 0.6) is 0 Å². The van der Waals surface area contributed by atoms with E-state index >= 15 is 0 Å². The average Bonchev–Trinajstić information content (AvgIpc) is 2.60. The lowest BCUT2D eigenvalue weighted by atomic mass is 10.1. The molecule has 23 heavy (non-hydrogen) atoms. The van der Waals surface area contributed by atoms with Gasteiger partial charge in [0.05, 0.1) is 0 Å². The molecule has 0 aromatic carbocycles. The number of rotatable bonds is 12. The van der Waals surface area contributed by atoms with Crippen molar-refractivity contribution in [3.8, 4) is 0 Å². The van der Waals surface area contributed by atoms with Gasteiger partial charge in [-0.3, -0.25) is 4.99 Å². The number of hydrogen-bond acceptors (Lipinski definition) is 3. The SMILES string of the molecule is CCCCCCCCCCCCCN1CCCN2CCCN=C12. The maximum absolute atomic E-state index is 4.77. The van der Waals surface area contributed by atoms with E-state index in [4.69, 9.17) is 4.99 Å². The van der Waals surface area contributed by atoms with Crippen molar-refractivity contribution in [2.45, 2.75) is 90.4 Å². The van der Waals surface area contributed by atoms with Gasteiger partial charge in [0, 0.05) is 32.7 Å². The highest BCUT2D eigenvalue weighted by molar-refractivity contribution is 5.81. The molecule has 0 aromatic heterocycles. The third-order valence-corrected chi connectivity index (χ3v) is 5.29. The van der Waals surface area contributed by atoms with Crippen molar-refractivity contribution >= 4 is 5.96 Å². The van der Waals surface area contributed by atoms with Gasteiger partial charge in [-0.05, 0) is 19.3 Å². The third kappa shape index (κ3) is 7.14. The summed E-state index contributed by atoms with van der Waals surface area (Å²) in [7, 11) is 0. The van der Waals surface area contributed by atoms with Crippen LogP contribution >= 0.6 is 0 Å². The molecule has 134 valence electrons. The monoisotopic (exact) mass is 321 g/mol. The van der Waals surface area contributed by atoms with Crippen LogP contribution in [0, 0.1) is 0 Å². The number of aliphatic imine (C=N–C) groups is 1. The minimum absolute atomic E-state index is 1.04. The van der Waals surface area contributed by atoms with Gasteiger partial charge in [0.25, 0.3) is 0 Å². The van der Waals surface area contributed by atoms with Crippen molar-refractivity contribution in [1.29, 1.82) is 0 Å². The summed E-state index contributed by atoms with van der Waals surface area (Å²) in [5.74, 6) is 1.31. The first-order valence-corrected chi connectivity index (χ1v) is 10.5. The third-order valence-electron chi connectivity index (χ3n) is 5.29. The summed E-state index contributed by atoms with van der Waals surface area (Å²) in [6, 6.07) is 0. The van der Waals surface area contributed by atoms with Crippen LogP contribution in [-0.4, -0.2) is 48.5 Å². The van der Waals surface area contributed by atoms with E-state index in [1.165, 1.54) is 116 Å². The molecule has 2 aliphatic rings. The fourth-order valence-electron chi connectivity index (χ4n) is 3.88. The molecule has 0 spiro atoms. The molecule has 0 aromatic rings. The van der Waals surface area contributed by atoms with E-state index in [1.54, 1.807) is 0 Å². The van der Waals surface area contributed by atoms with Crippen LogP contribution in [-0.2, 0) is 0 Å². The molecule has 2 rings (SSSR count). The molecule has 0 aliphatic carbocycles. The highest BCUT2D eigenvalue weighted by atomic mass is 15.4. The van der Waals surface area contributed by atoms with Crippen molar-refractivity contribution in [3.05, 3.63) is 0 Å². The Bertz CT molecular complexity index is 327. The Morgan fingerprint density at radius 1 is 0.739 bits per heavy atom. The van der Waals surface area contributed by atoms with Crippen LogP contribution in [0.2, 0.25) is 0 Å². The summed E-state index contributed by atoms with van der Waals surface area (Å²) >= 11 is 0. The van der Waals surface area contributed by atoms with E-state index in [0.717, 1.165) is 6.54 Å². The molecule has 0 unspecified atom stereocenters. The lowest BCUT2D eigenvalue weighted by Crippen LogP contribution is -2.52. The molecule has 0 saturated carbocycles. The normalized spacial score (nSPS) is 18.0. The first-order valence-electron chi connectivity index (χ1n) is 10.5. The largest absolute Gasteiger partial charge is 0.343 e.